The molecule has 0 aliphatic carbocycles. The lowest BCUT2D eigenvalue weighted by molar-refractivity contribution is -0.138. The van der Waals surface area contributed by atoms with Crippen molar-refractivity contribution in [1.29, 1.82) is 0 Å². The van der Waals surface area contributed by atoms with Gasteiger partial charge in [0.15, 0.2) is 0 Å². The van der Waals surface area contributed by atoms with E-state index in [0.717, 1.165) is 52.1 Å². The maximum Gasteiger partial charge on any atom is 0.303 e. The van der Waals surface area contributed by atoms with Crippen LogP contribution in [0.4, 0.5) is 0 Å². The second-order valence-electron chi connectivity index (χ2n) is 8.13. The molecule has 2 atom stereocenters. The van der Waals surface area contributed by atoms with Crippen LogP contribution in [0.5, 0.6) is 0 Å². The average molecular weight is 392 g/mol. The highest BCUT2D eigenvalue weighted by molar-refractivity contribution is 5.76. The van der Waals surface area contributed by atoms with Crippen molar-refractivity contribution in [3.63, 3.8) is 0 Å². The van der Waals surface area contributed by atoms with Gasteiger partial charge >= 0.3 is 5.97 Å². The standard InChI is InChI=1S/C20H33N5O3/c1-22-11-13-24(14-12-22)18-6-9-25(15-17(18)4-5-20(27)28)19(26)3-2-8-23-10-7-21-16-23/h7,10,16-18H,2-6,8-9,11-15H2,1H3,(H,27,28)/t17-,18+/m1/s1. The zero-order valence-electron chi connectivity index (χ0n) is 16.9. The number of aryl methyl sites for hydroxylation is 1. The Bertz CT molecular complexity index is 628. The summed E-state index contributed by atoms with van der Waals surface area (Å²) in [5.74, 6) is -0.316. The number of hydrogen-bond donors (Lipinski definition) is 1. The fraction of sp³-hybridized carbons (Fsp3) is 0.750. The van der Waals surface area contributed by atoms with Crippen LogP contribution >= 0.6 is 0 Å². The molecule has 156 valence electrons. The second kappa shape index (κ2) is 10.0. The number of carboxylic acids is 1. The SMILES string of the molecule is CN1CCN([C@H]2CCN(C(=O)CCCn3ccnc3)C[C@H]2CCC(=O)O)CC1. The predicted molar refractivity (Wildman–Crippen MR) is 106 cm³/mol. The number of piperazine rings is 1. The van der Waals surface area contributed by atoms with E-state index in [1.165, 1.54) is 0 Å². The van der Waals surface area contributed by atoms with Gasteiger partial charge in [-0.05, 0) is 32.2 Å². The molecule has 1 aromatic heterocycles. The second-order valence-corrected chi connectivity index (χ2v) is 8.13. The van der Waals surface area contributed by atoms with Gasteiger partial charge in [0.25, 0.3) is 0 Å². The van der Waals surface area contributed by atoms with Crippen LogP contribution in [0, 0.1) is 5.92 Å². The van der Waals surface area contributed by atoms with Gasteiger partial charge in [-0.15, -0.1) is 0 Å². The molecular weight excluding hydrogens is 358 g/mol. The summed E-state index contributed by atoms with van der Waals surface area (Å²) in [5, 5.41) is 9.15. The van der Waals surface area contributed by atoms with Crippen molar-refractivity contribution in [3.8, 4) is 0 Å². The summed E-state index contributed by atoms with van der Waals surface area (Å²) < 4.78 is 1.99. The number of likely N-dealkylation sites (N-methyl/N-ethyl adjacent to an activating group) is 1. The number of likely N-dealkylation sites (tertiary alicyclic amines) is 1. The largest absolute Gasteiger partial charge is 0.481 e. The number of piperidine rings is 1. The van der Waals surface area contributed by atoms with Gasteiger partial charge in [0, 0.05) is 77.1 Å². The molecule has 8 heteroatoms. The number of carbonyl (C=O) groups is 2. The third kappa shape index (κ3) is 5.78. The minimum Gasteiger partial charge on any atom is -0.481 e. The number of nitrogens with zero attached hydrogens (tertiary/aromatic N) is 5. The Morgan fingerprint density at radius 2 is 1.93 bits per heavy atom. The van der Waals surface area contributed by atoms with Crippen molar-refractivity contribution in [1.82, 2.24) is 24.3 Å². The average Bonchev–Trinajstić information content (AvgIpc) is 3.20. The minimum absolute atomic E-state index is 0.178. The van der Waals surface area contributed by atoms with Crippen molar-refractivity contribution < 1.29 is 14.7 Å². The first-order chi connectivity index (χ1) is 13.5. The maximum absolute atomic E-state index is 12.7. The number of amides is 1. The molecule has 0 radical (unpaired) electrons. The van der Waals surface area contributed by atoms with Gasteiger partial charge in [-0.25, -0.2) is 4.98 Å². The topological polar surface area (TPSA) is 81.9 Å². The predicted octanol–water partition coefficient (Wildman–Crippen LogP) is 0.993. The fourth-order valence-electron chi connectivity index (χ4n) is 4.46. The Morgan fingerprint density at radius 1 is 1.14 bits per heavy atom. The Balaban J connectivity index is 1.53. The van der Waals surface area contributed by atoms with Crippen LogP contribution in [0.15, 0.2) is 18.7 Å². The Labute approximate surface area is 167 Å². The number of carboxylic acid groups (broad SMARTS) is 1. The van der Waals surface area contributed by atoms with Gasteiger partial charge in [-0.1, -0.05) is 0 Å². The van der Waals surface area contributed by atoms with E-state index >= 15 is 0 Å². The molecule has 2 fully saturated rings. The van der Waals surface area contributed by atoms with Gasteiger partial charge in [0.1, 0.15) is 0 Å². The van der Waals surface area contributed by atoms with Crippen LogP contribution in [0.25, 0.3) is 0 Å². The molecular formula is C20H33N5O3. The first kappa shape index (κ1) is 20.8. The molecule has 1 N–H and O–H groups in total. The molecule has 2 aliphatic heterocycles. The van der Waals surface area contributed by atoms with E-state index in [4.69, 9.17) is 5.11 Å². The number of aliphatic carboxylic acids is 1. The monoisotopic (exact) mass is 391 g/mol. The highest BCUT2D eigenvalue weighted by Crippen LogP contribution is 2.27. The molecule has 3 rings (SSSR count). The molecule has 1 aromatic rings. The van der Waals surface area contributed by atoms with Crippen LogP contribution in [-0.2, 0) is 16.1 Å². The van der Waals surface area contributed by atoms with Crippen molar-refractivity contribution in [2.75, 3.05) is 46.3 Å². The molecule has 2 saturated heterocycles. The van der Waals surface area contributed by atoms with Crippen LogP contribution in [-0.4, -0.2) is 93.6 Å². The molecule has 0 aromatic carbocycles. The fourth-order valence-corrected chi connectivity index (χ4v) is 4.46. The van der Waals surface area contributed by atoms with E-state index in [9.17, 15) is 9.59 Å². The van der Waals surface area contributed by atoms with Gasteiger partial charge in [0.05, 0.1) is 6.33 Å². The van der Waals surface area contributed by atoms with Gasteiger partial charge < -0.3 is 19.5 Å². The summed E-state index contributed by atoms with van der Waals surface area (Å²) in [7, 11) is 2.14. The summed E-state index contributed by atoms with van der Waals surface area (Å²) in [6, 6.07) is 0.392. The van der Waals surface area contributed by atoms with Gasteiger partial charge in [-0.2, -0.15) is 0 Å². The molecule has 28 heavy (non-hydrogen) atoms. The molecule has 0 bridgehead atoms. The molecule has 0 unspecified atom stereocenters. The summed E-state index contributed by atoms with van der Waals surface area (Å²) in [5.41, 5.74) is 0. The van der Waals surface area contributed by atoms with Crippen molar-refractivity contribution >= 4 is 11.9 Å². The molecule has 2 aliphatic rings. The number of imidazole rings is 1. The number of carbonyl (C=O) groups excluding carboxylic acids is 1. The highest BCUT2D eigenvalue weighted by Gasteiger charge is 2.35. The molecule has 0 saturated carbocycles. The third-order valence-corrected chi connectivity index (χ3v) is 6.15. The lowest BCUT2D eigenvalue weighted by Crippen LogP contribution is -2.57. The quantitative estimate of drug-likeness (QED) is 0.712. The Hall–Kier alpha value is -1.93. The van der Waals surface area contributed by atoms with E-state index in [1.54, 1.807) is 12.5 Å². The summed E-state index contributed by atoms with van der Waals surface area (Å²) >= 11 is 0. The van der Waals surface area contributed by atoms with Crippen molar-refractivity contribution in [3.05, 3.63) is 18.7 Å². The number of aromatic nitrogens is 2. The van der Waals surface area contributed by atoms with Crippen molar-refractivity contribution in [2.45, 2.75) is 44.7 Å². The zero-order valence-corrected chi connectivity index (χ0v) is 16.9. The number of rotatable bonds is 8. The first-order valence-electron chi connectivity index (χ1n) is 10.4. The lowest BCUT2D eigenvalue weighted by atomic mass is 9.86. The third-order valence-electron chi connectivity index (χ3n) is 6.15. The molecule has 3 heterocycles. The molecule has 1 amide bonds. The van der Waals surface area contributed by atoms with Crippen molar-refractivity contribution in [2.24, 2.45) is 5.92 Å². The summed E-state index contributed by atoms with van der Waals surface area (Å²) in [4.78, 5) is 34.7. The molecule has 0 spiro atoms. The van der Waals surface area contributed by atoms with Crippen LogP contribution < -0.4 is 0 Å². The molecule has 8 nitrogen and oxygen atoms in total. The van der Waals surface area contributed by atoms with E-state index < -0.39 is 5.97 Å². The minimum atomic E-state index is -0.749. The summed E-state index contributed by atoms with van der Waals surface area (Å²) in [6.07, 6.45) is 8.53. The highest BCUT2D eigenvalue weighted by atomic mass is 16.4. The van der Waals surface area contributed by atoms with E-state index in [1.807, 2.05) is 15.7 Å². The van der Waals surface area contributed by atoms with Gasteiger partial charge in [-0.3, -0.25) is 14.5 Å². The first-order valence-corrected chi connectivity index (χ1v) is 10.4. The maximum atomic E-state index is 12.7. The normalized spacial score (nSPS) is 24.4. The van der Waals surface area contributed by atoms with Crippen LogP contribution in [0.2, 0.25) is 0 Å². The van der Waals surface area contributed by atoms with Gasteiger partial charge in [0.2, 0.25) is 5.91 Å². The zero-order chi connectivity index (χ0) is 19.9. The number of hydrogen-bond acceptors (Lipinski definition) is 5. The van der Waals surface area contributed by atoms with Crippen LogP contribution in [0.3, 0.4) is 0 Å². The smallest absolute Gasteiger partial charge is 0.303 e. The van der Waals surface area contributed by atoms with E-state index in [-0.39, 0.29) is 18.2 Å². The Morgan fingerprint density at radius 3 is 2.61 bits per heavy atom. The van der Waals surface area contributed by atoms with Crippen LogP contribution in [0.1, 0.15) is 32.1 Å². The Kier molecular flexibility index (Phi) is 7.44. The van der Waals surface area contributed by atoms with E-state index in [0.29, 0.717) is 25.4 Å². The summed E-state index contributed by atoms with van der Waals surface area (Å²) in [6.45, 7) is 6.44. The lowest BCUT2D eigenvalue weighted by Gasteiger charge is -2.46. The van der Waals surface area contributed by atoms with E-state index in [2.05, 4.69) is 21.8 Å².